The number of halogens is 1. The maximum Gasteiger partial charge on any atom is 0.513 e. The summed E-state index contributed by atoms with van der Waals surface area (Å²) in [6.07, 6.45) is 0. The predicted molar refractivity (Wildman–Crippen MR) is 111 cm³/mol. The quantitative estimate of drug-likeness (QED) is 0.580. The topological polar surface area (TPSA) is 23.4 Å². The molecule has 0 spiro atoms. The van der Waals surface area contributed by atoms with Crippen LogP contribution in [0, 0.1) is 0 Å². The van der Waals surface area contributed by atoms with Crippen molar-refractivity contribution in [1.29, 1.82) is 0 Å². The molecule has 0 atom stereocenters. The molecule has 0 radical (unpaired) electrons. The molecular formula is C21H23BBrNO2. The molecule has 0 amide bonds. The second kappa shape index (κ2) is 6.26. The van der Waals surface area contributed by atoms with Crippen molar-refractivity contribution in [2.75, 3.05) is 0 Å². The lowest BCUT2D eigenvalue weighted by atomic mass is 9.84. The first-order valence-corrected chi connectivity index (χ1v) is 9.76. The third kappa shape index (κ3) is 2.83. The van der Waals surface area contributed by atoms with Crippen molar-refractivity contribution >= 4 is 39.5 Å². The van der Waals surface area contributed by atoms with Crippen molar-refractivity contribution < 1.29 is 9.31 Å². The molecular weight excluding hydrogens is 389 g/mol. The van der Waals surface area contributed by atoms with Crippen LogP contribution in [0.25, 0.3) is 10.9 Å². The minimum Gasteiger partial charge on any atom is -0.398 e. The van der Waals surface area contributed by atoms with Gasteiger partial charge in [-0.1, -0.05) is 48.5 Å². The van der Waals surface area contributed by atoms with Crippen LogP contribution in [0.4, 0.5) is 0 Å². The summed E-state index contributed by atoms with van der Waals surface area (Å²) in [6.45, 7) is 9.12. The van der Waals surface area contributed by atoms with Crippen LogP contribution in [0.3, 0.4) is 0 Å². The summed E-state index contributed by atoms with van der Waals surface area (Å²) in [4.78, 5) is 0. The lowest BCUT2D eigenvalue weighted by Crippen LogP contribution is -2.41. The van der Waals surface area contributed by atoms with E-state index in [0.717, 1.165) is 16.6 Å². The maximum atomic E-state index is 6.37. The van der Waals surface area contributed by atoms with Gasteiger partial charge < -0.3 is 13.9 Å². The highest BCUT2D eigenvalue weighted by atomic mass is 79.9. The highest BCUT2D eigenvalue weighted by molar-refractivity contribution is 9.10. The van der Waals surface area contributed by atoms with Crippen molar-refractivity contribution in [2.45, 2.75) is 45.4 Å². The molecule has 1 aromatic heterocycles. The Morgan fingerprint density at radius 3 is 2.12 bits per heavy atom. The maximum absolute atomic E-state index is 6.37. The Kier molecular flexibility index (Phi) is 4.29. The Morgan fingerprint density at radius 2 is 1.46 bits per heavy atom. The van der Waals surface area contributed by atoms with Crippen molar-refractivity contribution in [3.8, 4) is 0 Å². The van der Waals surface area contributed by atoms with E-state index in [1.165, 1.54) is 16.5 Å². The van der Waals surface area contributed by atoms with E-state index in [1.807, 2.05) is 6.07 Å². The zero-order valence-electron chi connectivity index (χ0n) is 15.6. The van der Waals surface area contributed by atoms with Crippen LogP contribution in [0.2, 0.25) is 0 Å². The Balaban J connectivity index is 1.86. The molecule has 1 aliphatic rings. The van der Waals surface area contributed by atoms with Crippen molar-refractivity contribution in [3.63, 3.8) is 0 Å². The normalized spacial score (nSPS) is 18.6. The number of benzene rings is 2. The summed E-state index contributed by atoms with van der Waals surface area (Å²) in [5, 5.41) is 1.17. The van der Waals surface area contributed by atoms with E-state index in [-0.39, 0.29) is 11.2 Å². The van der Waals surface area contributed by atoms with E-state index >= 15 is 0 Å². The van der Waals surface area contributed by atoms with Gasteiger partial charge in [-0.15, -0.1) is 0 Å². The summed E-state index contributed by atoms with van der Waals surface area (Å²) in [5.74, 6) is 0. The van der Waals surface area contributed by atoms with E-state index in [2.05, 4.69) is 96.7 Å². The van der Waals surface area contributed by atoms with Crippen LogP contribution < -0.4 is 5.59 Å². The smallest absolute Gasteiger partial charge is 0.398 e. The molecule has 1 fully saturated rings. The largest absolute Gasteiger partial charge is 0.513 e. The molecule has 0 saturated carbocycles. The summed E-state index contributed by atoms with van der Waals surface area (Å²) < 4.78 is 16.1. The van der Waals surface area contributed by atoms with Crippen LogP contribution in [-0.4, -0.2) is 22.9 Å². The van der Waals surface area contributed by atoms with Gasteiger partial charge in [0.25, 0.3) is 0 Å². The average Bonchev–Trinajstić information content (AvgIpc) is 2.99. The first kappa shape index (κ1) is 17.8. The second-order valence-electron chi connectivity index (χ2n) is 7.88. The first-order valence-electron chi connectivity index (χ1n) is 8.96. The van der Waals surface area contributed by atoms with Crippen LogP contribution in [-0.2, 0) is 15.9 Å². The highest BCUT2D eigenvalue weighted by Crippen LogP contribution is 2.38. The van der Waals surface area contributed by atoms with E-state index in [4.69, 9.17) is 9.31 Å². The minimum absolute atomic E-state index is 0.370. The average molecular weight is 412 g/mol. The molecule has 0 N–H and O–H groups in total. The SMILES string of the molecule is CC1(C)OB(c2c(Br)c3ccccc3n2Cc2ccccc2)OC1(C)C. The third-order valence-corrected chi connectivity index (χ3v) is 6.44. The zero-order chi connectivity index (χ0) is 18.5. The van der Waals surface area contributed by atoms with Crippen molar-refractivity contribution in [2.24, 2.45) is 0 Å². The number of hydrogen-bond acceptors (Lipinski definition) is 2. The summed E-state index contributed by atoms with van der Waals surface area (Å²) in [6, 6.07) is 18.9. The highest BCUT2D eigenvalue weighted by Gasteiger charge is 2.53. The number of rotatable bonds is 3. The molecule has 134 valence electrons. The van der Waals surface area contributed by atoms with Crippen LogP contribution >= 0.6 is 15.9 Å². The summed E-state index contributed by atoms with van der Waals surface area (Å²) >= 11 is 3.82. The van der Waals surface area contributed by atoms with Gasteiger partial charge in [0.05, 0.1) is 16.8 Å². The van der Waals surface area contributed by atoms with Crippen LogP contribution in [0.1, 0.15) is 33.3 Å². The monoisotopic (exact) mass is 411 g/mol. The number of fused-ring (bicyclic) bond motifs is 1. The van der Waals surface area contributed by atoms with Gasteiger partial charge >= 0.3 is 7.12 Å². The fourth-order valence-corrected chi connectivity index (χ4v) is 4.14. The summed E-state index contributed by atoms with van der Waals surface area (Å²) in [7, 11) is -0.412. The molecule has 3 aromatic rings. The molecule has 2 heterocycles. The van der Waals surface area contributed by atoms with E-state index in [1.54, 1.807) is 0 Å². The van der Waals surface area contributed by atoms with Gasteiger partial charge in [-0.05, 0) is 55.3 Å². The Labute approximate surface area is 163 Å². The number of nitrogens with zero attached hydrogens (tertiary/aromatic N) is 1. The third-order valence-electron chi connectivity index (χ3n) is 5.61. The Morgan fingerprint density at radius 1 is 0.885 bits per heavy atom. The lowest BCUT2D eigenvalue weighted by Gasteiger charge is -2.32. The summed E-state index contributed by atoms with van der Waals surface area (Å²) in [5.41, 5.74) is 2.72. The molecule has 2 aromatic carbocycles. The number of hydrogen-bond donors (Lipinski definition) is 0. The van der Waals surface area contributed by atoms with E-state index in [0.29, 0.717) is 0 Å². The van der Waals surface area contributed by atoms with Gasteiger partial charge in [0.2, 0.25) is 0 Å². The van der Waals surface area contributed by atoms with Crippen molar-refractivity contribution in [3.05, 3.63) is 64.6 Å². The van der Waals surface area contributed by atoms with Gasteiger partial charge in [0.15, 0.2) is 0 Å². The van der Waals surface area contributed by atoms with Crippen LogP contribution in [0.15, 0.2) is 59.1 Å². The zero-order valence-corrected chi connectivity index (χ0v) is 17.2. The molecule has 26 heavy (non-hydrogen) atoms. The predicted octanol–water partition coefficient (Wildman–Crippen LogP) is 4.75. The Hall–Kier alpha value is -1.56. The molecule has 0 unspecified atom stereocenters. The van der Waals surface area contributed by atoms with Gasteiger partial charge in [-0.2, -0.15) is 0 Å². The lowest BCUT2D eigenvalue weighted by molar-refractivity contribution is 0.00578. The molecule has 1 saturated heterocycles. The van der Waals surface area contributed by atoms with E-state index < -0.39 is 7.12 Å². The fourth-order valence-electron chi connectivity index (χ4n) is 3.40. The molecule has 3 nitrogen and oxygen atoms in total. The first-order chi connectivity index (χ1) is 12.3. The van der Waals surface area contributed by atoms with Crippen molar-refractivity contribution in [1.82, 2.24) is 4.57 Å². The van der Waals surface area contributed by atoms with Gasteiger partial charge in [-0.3, -0.25) is 0 Å². The standard InChI is InChI=1S/C21H23BBrNO2/c1-20(2)21(3,4)26-22(25-20)19-18(23)16-12-8-9-13-17(16)24(19)14-15-10-6-5-7-11-15/h5-13H,14H2,1-4H3. The van der Waals surface area contributed by atoms with Gasteiger partial charge in [-0.25, -0.2) is 0 Å². The Bertz CT molecular complexity index is 933. The van der Waals surface area contributed by atoms with Gasteiger partial charge in [0.1, 0.15) is 0 Å². The van der Waals surface area contributed by atoms with Crippen LogP contribution in [0.5, 0.6) is 0 Å². The van der Waals surface area contributed by atoms with E-state index in [9.17, 15) is 0 Å². The molecule has 1 aliphatic heterocycles. The number of para-hydroxylation sites is 1. The molecule has 4 rings (SSSR count). The molecule has 0 bridgehead atoms. The number of aromatic nitrogens is 1. The second-order valence-corrected chi connectivity index (χ2v) is 8.67. The minimum atomic E-state index is -0.412. The van der Waals surface area contributed by atoms with Gasteiger partial charge in [0, 0.05) is 21.9 Å². The molecule has 0 aliphatic carbocycles. The molecule has 5 heteroatoms. The fraction of sp³-hybridized carbons (Fsp3) is 0.333.